The topological polar surface area (TPSA) is 52.6 Å². The molecule has 0 aromatic heterocycles. The van der Waals surface area contributed by atoms with E-state index in [2.05, 4.69) is 33.8 Å². The average molecular weight is 318 g/mol. The fourth-order valence-corrected chi connectivity index (χ4v) is 5.97. The van der Waals surface area contributed by atoms with Gasteiger partial charge in [0, 0.05) is 5.92 Å². The number of ether oxygens (including phenoxy) is 2. The van der Waals surface area contributed by atoms with Crippen LogP contribution in [0.2, 0.25) is 0 Å². The molecule has 4 aliphatic rings. The highest BCUT2D eigenvalue weighted by Crippen LogP contribution is 2.65. The lowest BCUT2D eigenvalue weighted by molar-refractivity contribution is -0.161. The molecule has 0 aromatic carbocycles. The van der Waals surface area contributed by atoms with Crippen LogP contribution in [0.3, 0.4) is 0 Å². The van der Waals surface area contributed by atoms with E-state index in [1.54, 1.807) is 0 Å². The Kier molecular flexibility index (Phi) is 3.05. The highest BCUT2D eigenvalue weighted by molar-refractivity contribution is 5.81. The third-order valence-electron chi connectivity index (χ3n) is 6.96. The molecule has 1 unspecified atom stereocenters. The first kappa shape index (κ1) is 15.2. The van der Waals surface area contributed by atoms with Crippen molar-refractivity contribution in [2.45, 2.75) is 65.6 Å². The molecule has 2 aliphatic carbocycles. The Morgan fingerprint density at radius 2 is 1.91 bits per heavy atom. The van der Waals surface area contributed by atoms with Crippen LogP contribution in [0, 0.1) is 28.6 Å². The molecule has 2 saturated heterocycles. The number of rotatable bonds is 1. The Labute approximate surface area is 137 Å². The number of cyclic esters (lactones) is 1. The van der Waals surface area contributed by atoms with E-state index in [-0.39, 0.29) is 47.3 Å². The van der Waals surface area contributed by atoms with Crippen LogP contribution >= 0.6 is 0 Å². The van der Waals surface area contributed by atoms with E-state index in [4.69, 9.17) is 9.47 Å². The van der Waals surface area contributed by atoms with Crippen molar-refractivity contribution < 1.29 is 19.1 Å². The van der Waals surface area contributed by atoms with E-state index in [1.807, 2.05) is 0 Å². The molecule has 0 aromatic rings. The van der Waals surface area contributed by atoms with Crippen molar-refractivity contribution >= 4 is 11.9 Å². The summed E-state index contributed by atoms with van der Waals surface area (Å²) in [4.78, 5) is 24.8. The summed E-state index contributed by atoms with van der Waals surface area (Å²) in [6.07, 6.45) is 5.23. The molecule has 4 heteroatoms. The summed E-state index contributed by atoms with van der Waals surface area (Å²) < 4.78 is 11.4. The summed E-state index contributed by atoms with van der Waals surface area (Å²) in [6.45, 7) is 8.51. The van der Waals surface area contributed by atoms with Gasteiger partial charge >= 0.3 is 11.9 Å². The number of fused-ring (bicyclic) bond motifs is 2. The first-order valence-electron chi connectivity index (χ1n) is 8.89. The van der Waals surface area contributed by atoms with Crippen LogP contribution in [0.5, 0.6) is 0 Å². The van der Waals surface area contributed by atoms with Gasteiger partial charge in [-0.3, -0.25) is 9.59 Å². The van der Waals surface area contributed by atoms with E-state index in [0.717, 1.165) is 19.3 Å². The summed E-state index contributed by atoms with van der Waals surface area (Å²) in [5.74, 6) is 0.459. The minimum atomic E-state index is -0.394. The molecule has 0 bridgehead atoms. The van der Waals surface area contributed by atoms with Crippen molar-refractivity contribution in [2.24, 2.45) is 28.6 Å². The van der Waals surface area contributed by atoms with Crippen molar-refractivity contribution in [2.75, 3.05) is 0 Å². The standard InChI is InChI=1S/C19H26O4/c1-10(2)15-11-8-13-16-18(3,12(11)9-14(20)23-15)6-5-7-19(16,4)17(21)22-13/h8,10,12-13,15-16H,5-7,9H2,1-4H3/t12?,13-,15-,16-,18-,19+/m1/s1. The van der Waals surface area contributed by atoms with Crippen LogP contribution in [-0.2, 0) is 19.1 Å². The van der Waals surface area contributed by atoms with Gasteiger partial charge in [-0.05, 0) is 48.7 Å². The predicted molar refractivity (Wildman–Crippen MR) is 84.3 cm³/mol. The SMILES string of the molecule is CC(C)[C@H]1OC(=O)CC2C1=C[C@H]1OC(=O)[C@@]3(C)CCC[C@@]2(C)[C@@H]13. The molecule has 126 valence electrons. The first-order valence-corrected chi connectivity index (χ1v) is 8.89. The molecule has 23 heavy (non-hydrogen) atoms. The number of hydrogen-bond donors (Lipinski definition) is 0. The Morgan fingerprint density at radius 1 is 1.17 bits per heavy atom. The van der Waals surface area contributed by atoms with Crippen molar-refractivity contribution in [1.29, 1.82) is 0 Å². The molecule has 0 N–H and O–H groups in total. The Bertz CT molecular complexity index is 606. The van der Waals surface area contributed by atoms with Crippen LogP contribution < -0.4 is 0 Å². The molecule has 2 heterocycles. The summed E-state index contributed by atoms with van der Waals surface area (Å²) >= 11 is 0. The van der Waals surface area contributed by atoms with Gasteiger partial charge in [0.05, 0.1) is 11.8 Å². The number of esters is 2. The molecule has 0 spiro atoms. The van der Waals surface area contributed by atoms with Gasteiger partial charge in [0.15, 0.2) is 0 Å². The van der Waals surface area contributed by atoms with E-state index < -0.39 is 5.41 Å². The van der Waals surface area contributed by atoms with Crippen LogP contribution in [-0.4, -0.2) is 24.1 Å². The minimum Gasteiger partial charge on any atom is -0.458 e. The van der Waals surface area contributed by atoms with Gasteiger partial charge in [-0.15, -0.1) is 0 Å². The molecule has 3 fully saturated rings. The summed E-state index contributed by atoms with van der Waals surface area (Å²) in [5.41, 5.74) is 0.747. The maximum Gasteiger partial charge on any atom is 0.312 e. The Morgan fingerprint density at radius 3 is 2.61 bits per heavy atom. The highest BCUT2D eigenvalue weighted by atomic mass is 16.6. The predicted octanol–water partition coefficient (Wildman–Crippen LogP) is 3.25. The van der Waals surface area contributed by atoms with E-state index in [9.17, 15) is 9.59 Å². The second-order valence-electron chi connectivity index (χ2n) is 8.70. The van der Waals surface area contributed by atoms with Crippen molar-refractivity contribution in [3.8, 4) is 0 Å². The van der Waals surface area contributed by atoms with Crippen LogP contribution in [0.1, 0.15) is 53.4 Å². The van der Waals surface area contributed by atoms with Crippen LogP contribution in [0.25, 0.3) is 0 Å². The Hall–Kier alpha value is -1.32. The van der Waals surface area contributed by atoms with Crippen LogP contribution in [0.15, 0.2) is 11.6 Å². The normalized spacial score (nSPS) is 48.3. The lowest BCUT2D eigenvalue weighted by atomic mass is 9.47. The van der Waals surface area contributed by atoms with Gasteiger partial charge in [-0.25, -0.2) is 0 Å². The van der Waals surface area contributed by atoms with Crippen molar-refractivity contribution in [3.05, 3.63) is 11.6 Å². The van der Waals surface area contributed by atoms with E-state index >= 15 is 0 Å². The fourth-order valence-electron chi connectivity index (χ4n) is 5.97. The molecule has 0 radical (unpaired) electrons. The monoisotopic (exact) mass is 318 g/mol. The van der Waals surface area contributed by atoms with Crippen molar-refractivity contribution in [3.63, 3.8) is 0 Å². The van der Waals surface area contributed by atoms with E-state index in [0.29, 0.717) is 6.42 Å². The quantitative estimate of drug-likeness (QED) is 0.550. The minimum absolute atomic E-state index is 0.0535. The molecular weight excluding hydrogens is 292 g/mol. The van der Waals surface area contributed by atoms with E-state index in [1.165, 1.54) is 5.57 Å². The fraction of sp³-hybridized carbons (Fsp3) is 0.789. The molecule has 0 amide bonds. The smallest absolute Gasteiger partial charge is 0.312 e. The first-order chi connectivity index (χ1) is 10.8. The average Bonchev–Trinajstić information content (AvgIpc) is 2.72. The Balaban J connectivity index is 1.86. The second-order valence-corrected chi connectivity index (χ2v) is 8.70. The number of carbonyl (C=O) groups excluding carboxylic acids is 2. The lowest BCUT2D eigenvalue weighted by Crippen LogP contribution is -2.56. The highest BCUT2D eigenvalue weighted by Gasteiger charge is 2.66. The summed E-state index contributed by atoms with van der Waals surface area (Å²) in [7, 11) is 0. The largest absolute Gasteiger partial charge is 0.458 e. The van der Waals surface area contributed by atoms with Crippen LogP contribution in [0.4, 0.5) is 0 Å². The van der Waals surface area contributed by atoms with Gasteiger partial charge in [-0.1, -0.05) is 27.2 Å². The number of carbonyl (C=O) groups is 2. The zero-order valence-corrected chi connectivity index (χ0v) is 14.4. The molecule has 6 atom stereocenters. The molecule has 4 nitrogen and oxygen atoms in total. The number of hydrogen-bond acceptors (Lipinski definition) is 4. The van der Waals surface area contributed by atoms with Gasteiger partial charge in [0.1, 0.15) is 12.2 Å². The summed E-state index contributed by atoms with van der Waals surface area (Å²) in [6, 6.07) is 0. The zero-order chi connectivity index (χ0) is 16.6. The molecule has 4 rings (SSSR count). The third kappa shape index (κ3) is 1.84. The maximum absolute atomic E-state index is 12.6. The maximum atomic E-state index is 12.6. The third-order valence-corrected chi connectivity index (χ3v) is 6.96. The lowest BCUT2D eigenvalue weighted by Gasteiger charge is -2.56. The van der Waals surface area contributed by atoms with Crippen molar-refractivity contribution in [1.82, 2.24) is 0 Å². The van der Waals surface area contributed by atoms with Gasteiger partial charge in [0.25, 0.3) is 0 Å². The molecular formula is C19H26O4. The molecule has 1 saturated carbocycles. The van der Waals surface area contributed by atoms with Gasteiger partial charge < -0.3 is 9.47 Å². The second kappa shape index (κ2) is 4.61. The molecule has 2 aliphatic heterocycles. The summed E-state index contributed by atoms with van der Waals surface area (Å²) in [5, 5.41) is 0. The van der Waals surface area contributed by atoms with Gasteiger partial charge in [-0.2, -0.15) is 0 Å². The zero-order valence-electron chi connectivity index (χ0n) is 14.4. The van der Waals surface area contributed by atoms with Gasteiger partial charge in [0.2, 0.25) is 0 Å².